The maximum Gasteiger partial charge on any atom is 0.126 e. The van der Waals surface area contributed by atoms with Gasteiger partial charge in [-0.3, -0.25) is 4.90 Å². The van der Waals surface area contributed by atoms with E-state index >= 15 is 0 Å². The van der Waals surface area contributed by atoms with Crippen molar-refractivity contribution in [3.8, 4) is 5.75 Å². The Labute approximate surface area is 123 Å². The normalized spacial score (nSPS) is 19.6. The molecule has 1 aliphatic heterocycles. The predicted octanol–water partition coefficient (Wildman–Crippen LogP) is 2.70. The Kier molecular flexibility index (Phi) is 4.52. The molecule has 1 aromatic heterocycles. The second kappa shape index (κ2) is 6.74. The van der Waals surface area contributed by atoms with E-state index in [0.717, 1.165) is 25.4 Å². The maximum atomic E-state index is 13.1. The summed E-state index contributed by atoms with van der Waals surface area (Å²) in [6.07, 6.45) is 1.66. The fourth-order valence-corrected chi connectivity index (χ4v) is 2.39. The van der Waals surface area contributed by atoms with Gasteiger partial charge in [-0.1, -0.05) is 6.07 Å². The third-order valence-electron chi connectivity index (χ3n) is 3.41. The summed E-state index contributed by atoms with van der Waals surface area (Å²) in [6.45, 7) is 3.50. The number of nitrogens with zero attached hydrogens (tertiary/aromatic N) is 1. The third kappa shape index (κ3) is 4.06. The lowest BCUT2D eigenvalue weighted by atomic mass is 10.2. The molecule has 21 heavy (non-hydrogen) atoms. The highest BCUT2D eigenvalue weighted by atomic mass is 19.1. The van der Waals surface area contributed by atoms with Crippen molar-refractivity contribution in [3.63, 3.8) is 0 Å². The molecule has 4 nitrogen and oxygen atoms in total. The molecular formula is C16H18FNO3. The van der Waals surface area contributed by atoms with Crippen LogP contribution >= 0.6 is 0 Å². The summed E-state index contributed by atoms with van der Waals surface area (Å²) in [5, 5.41) is 0. The molecule has 112 valence electrons. The van der Waals surface area contributed by atoms with Crippen LogP contribution < -0.4 is 4.74 Å². The number of halogens is 1. The number of rotatable bonds is 5. The van der Waals surface area contributed by atoms with Crippen LogP contribution in [0.3, 0.4) is 0 Å². The Balaban J connectivity index is 1.49. The molecular weight excluding hydrogens is 273 g/mol. The van der Waals surface area contributed by atoms with Crippen LogP contribution in [0.15, 0.2) is 47.1 Å². The van der Waals surface area contributed by atoms with Gasteiger partial charge in [-0.05, 0) is 24.3 Å². The Morgan fingerprint density at radius 2 is 2.24 bits per heavy atom. The zero-order valence-electron chi connectivity index (χ0n) is 11.7. The molecule has 3 rings (SSSR count). The minimum absolute atomic E-state index is 0.0167. The smallest absolute Gasteiger partial charge is 0.126 e. The third-order valence-corrected chi connectivity index (χ3v) is 3.41. The van der Waals surface area contributed by atoms with Gasteiger partial charge in [-0.15, -0.1) is 0 Å². The number of hydrogen-bond donors (Lipinski definition) is 0. The van der Waals surface area contributed by atoms with Crippen LogP contribution in [0.1, 0.15) is 5.76 Å². The number of benzene rings is 1. The van der Waals surface area contributed by atoms with Crippen molar-refractivity contribution in [3.05, 3.63) is 54.2 Å². The summed E-state index contributed by atoms with van der Waals surface area (Å²) in [6, 6.07) is 10.0. The lowest BCUT2D eigenvalue weighted by Gasteiger charge is -2.32. The molecule has 0 bridgehead atoms. The van der Waals surface area contributed by atoms with Crippen molar-refractivity contribution >= 4 is 0 Å². The highest BCUT2D eigenvalue weighted by Crippen LogP contribution is 2.15. The molecule has 0 radical (unpaired) electrons. The average molecular weight is 291 g/mol. The van der Waals surface area contributed by atoms with E-state index in [4.69, 9.17) is 13.9 Å². The molecule has 0 aliphatic carbocycles. The fraction of sp³-hybridized carbons (Fsp3) is 0.375. The Bertz CT molecular complexity index is 558. The summed E-state index contributed by atoms with van der Waals surface area (Å²) >= 11 is 0. The first-order chi connectivity index (χ1) is 10.3. The molecule has 1 aliphatic rings. The summed E-state index contributed by atoms with van der Waals surface area (Å²) in [5.41, 5.74) is 0. The average Bonchev–Trinajstić information content (AvgIpc) is 2.99. The summed E-state index contributed by atoms with van der Waals surface area (Å²) < 4.78 is 29.7. The van der Waals surface area contributed by atoms with Gasteiger partial charge >= 0.3 is 0 Å². The zero-order chi connectivity index (χ0) is 14.5. The summed E-state index contributed by atoms with van der Waals surface area (Å²) in [7, 11) is 0. The molecule has 1 unspecified atom stereocenters. The van der Waals surface area contributed by atoms with Gasteiger partial charge < -0.3 is 13.9 Å². The van der Waals surface area contributed by atoms with E-state index in [1.807, 2.05) is 12.1 Å². The van der Waals surface area contributed by atoms with Crippen LogP contribution in [0.2, 0.25) is 0 Å². The van der Waals surface area contributed by atoms with Gasteiger partial charge in [-0.25, -0.2) is 4.39 Å². The van der Waals surface area contributed by atoms with Gasteiger partial charge in [-0.2, -0.15) is 0 Å². The van der Waals surface area contributed by atoms with Crippen LogP contribution in [-0.4, -0.2) is 37.3 Å². The first-order valence-electron chi connectivity index (χ1n) is 7.04. The van der Waals surface area contributed by atoms with E-state index in [9.17, 15) is 4.39 Å². The predicted molar refractivity (Wildman–Crippen MR) is 75.6 cm³/mol. The van der Waals surface area contributed by atoms with E-state index in [1.54, 1.807) is 18.4 Å². The highest BCUT2D eigenvalue weighted by molar-refractivity contribution is 5.22. The van der Waals surface area contributed by atoms with Crippen molar-refractivity contribution in [2.75, 3.05) is 26.3 Å². The molecule has 2 aromatic rings. The van der Waals surface area contributed by atoms with E-state index in [-0.39, 0.29) is 11.9 Å². The van der Waals surface area contributed by atoms with E-state index in [2.05, 4.69) is 4.90 Å². The number of ether oxygens (including phenoxy) is 2. The number of furan rings is 1. The first-order valence-corrected chi connectivity index (χ1v) is 7.04. The Hall–Kier alpha value is -1.85. The minimum atomic E-state index is -0.295. The summed E-state index contributed by atoms with van der Waals surface area (Å²) in [4.78, 5) is 2.27. The van der Waals surface area contributed by atoms with Gasteiger partial charge in [0.15, 0.2) is 0 Å². The molecule has 5 heteroatoms. The lowest BCUT2D eigenvalue weighted by molar-refractivity contribution is -0.0518. The van der Waals surface area contributed by atoms with Gasteiger partial charge in [0, 0.05) is 19.2 Å². The van der Waals surface area contributed by atoms with Crippen molar-refractivity contribution in [1.82, 2.24) is 4.90 Å². The zero-order valence-corrected chi connectivity index (χ0v) is 11.7. The monoisotopic (exact) mass is 291 g/mol. The maximum absolute atomic E-state index is 13.1. The summed E-state index contributed by atoms with van der Waals surface area (Å²) in [5.74, 6) is 1.18. The van der Waals surface area contributed by atoms with Crippen LogP contribution in [-0.2, 0) is 11.3 Å². The van der Waals surface area contributed by atoms with Crippen LogP contribution in [0, 0.1) is 5.82 Å². The molecule has 0 amide bonds. The Morgan fingerprint density at radius 3 is 3.05 bits per heavy atom. The topological polar surface area (TPSA) is 34.8 Å². The molecule has 0 N–H and O–H groups in total. The van der Waals surface area contributed by atoms with Crippen molar-refractivity contribution in [1.29, 1.82) is 0 Å². The van der Waals surface area contributed by atoms with Crippen molar-refractivity contribution in [2.24, 2.45) is 0 Å². The second-order valence-corrected chi connectivity index (χ2v) is 5.08. The number of morpholine rings is 1. The second-order valence-electron chi connectivity index (χ2n) is 5.08. The SMILES string of the molecule is Fc1cccc(OCC2CN(Cc3ccco3)CCO2)c1. The van der Waals surface area contributed by atoms with Crippen LogP contribution in [0.4, 0.5) is 4.39 Å². The Morgan fingerprint density at radius 1 is 1.29 bits per heavy atom. The van der Waals surface area contributed by atoms with Crippen LogP contribution in [0.5, 0.6) is 5.75 Å². The standard InChI is InChI=1S/C16H18FNO3/c17-13-3-1-4-14(9-13)21-12-16-11-18(6-8-20-16)10-15-5-2-7-19-15/h1-5,7,9,16H,6,8,10-12H2. The van der Waals surface area contributed by atoms with Crippen molar-refractivity contribution in [2.45, 2.75) is 12.6 Å². The molecule has 1 aromatic carbocycles. The van der Waals surface area contributed by atoms with E-state index in [1.165, 1.54) is 12.1 Å². The molecule has 2 heterocycles. The highest BCUT2D eigenvalue weighted by Gasteiger charge is 2.21. The van der Waals surface area contributed by atoms with Gasteiger partial charge in [0.2, 0.25) is 0 Å². The molecule has 0 saturated carbocycles. The van der Waals surface area contributed by atoms with Gasteiger partial charge in [0.05, 0.1) is 19.4 Å². The fourth-order valence-electron chi connectivity index (χ4n) is 2.39. The van der Waals surface area contributed by atoms with Gasteiger partial charge in [0.1, 0.15) is 30.0 Å². The quantitative estimate of drug-likeness (QED) is 0.848. The molecule has 0 spiro atoms. The van der Waals surface area contributed by atoms with E-state index in [0.29, 0.717) is 19.0 Å². The first kappa shape index (κ1) is 14.1. The molecule has 1 fully saturated rings. The number of hydrogen-bond acceptors (Lipinski definition) is 4. The van der Waals surface area contributed by atoms with Crippen molar-refractivity contribution < 1.29 is 18.3 Å². The van der Waals surface area contributed by atoms with Gasteiger partial charge in [0.25, 0.3) is 0 Å². The van der Waals surface area contributed by atoms with Crippen LogP contribution in [0.25, 0.3) is 0 Å². The van der Waals surface area contributed by atoms with E-state index < -0.39 is 0 Å². The largest absolute Gasteiger partial charge is 0.491 e. The molecule has 1 atom stereocenters. The molecule has 1 saturated heterocycles. The minimum Gasteiger partial charge on any atom is -0.491 e. The lowest BCUT2D eigenvalue weighted by Crippen LogP contribution is -2.44.